The molecule has 0 aliphatic heterocycles. The van der Waals surface area contributed by atoms with Crippen LogP contribution in [0.2, 0.25) is 0 Å². The third-order valence-electron chi connectivity index (χ3n) is 4.48. The Kier molecular flexibility index (Phi) is 4.73. The highest BCUT2D eigenvalue weighted by atomic mass is 15.1. The van der Waals surface area contributed by atoms with Crippen LogP contribution in [0.25, 0.3) is 0 Å². The van der Waals surface area contributed by atoms with Crippen LogP contribution in [0.1, 0.15) is 44.6 Å². The first-order valence-electron chi connectivity index (χ1n) is 7.66. The van der Waals surface area contributed by atoms with Gasteiger partial charge in [0, 0.05) is 31.5 Å². The number of hydrogen-bond donors (Lipinski definition) is 1. The van der Waals surface area contributed by atoms with Crippen LogP contribution >= 0.6 is 0 Å². The minimum Gasteiger partial charge on any atom is -0.382 e. The van der Waals surface area contributed by atoms with Gasteiger partial charge in [-0.05, 0) is 43.4 Å². The molecule has 1 N–H and O–H groups in total. The van der Waals surface area contributed by atoms with Crippen LogP contribution in [0.4, 0.5) is 11.4 Å². The number of aryl methyl sites for hydroxylation is 1. The molecule has 1 aromatic rings. The molecule has 0 amide bonds. The first-order valence-corrected chi connectivity index (χ1v) is 7.66. The molecule has 1 fully saturated rings. The van der Waals surface area contributed by atoms with Crippen molar-refractivity contribution in [1.29, 1.82) is 0 Å². The monoisotopic (exact) mass is 260 g/mol. The van der Waals surface area contributed by atoms with E-state index in [0.29, 0.717) is 6.04 Å². The molecule has 1 aromatic carbocycles. The Labute approximate surface area is 118 Å². The molecule has 19 heavy (non-hydrogen) atoms. The van der Waals surface area contributed by atoms with Crippen molar-refractivity contribution >= 4 is 11.4 Å². The normalized spacial score (nSPS) is 23.2. The van der Waals surface area contributed by atoms with E-state index in [0.717, 1.165) is 5.92 Å². The van der Waals surface area contributed by atoms with Gasteiger partial charge in [0.1, 0.15) is 0 Å². The van der Waals surface area contributed by atoms with Gasteiger partial charge in [0.15, 0.2) is 0 Å². The summed E-state index contributed by atoms with van der Waals surface area (Å²) in [6.45, 7) is 4.50. The van der Waals surface area contributed by atoms with Gasteiger partial charge in [-0.15, -0.1) is 0 Å². The second kappa shape index (κ2) is 6.31. The third-order valence-corrected chi connectivity index (χ3v) is 4.48. The van der Waals surface area contributed by atoms with Crippen molar-refractivity contribution < 1.29 is 0 Å². The van der Waals surface area contributed by atoms with Crippen molar-refractivity contribution in [3.8, 4) is 0 Å². The van der Waals surface area contributed by atoms with Crippen molar-refractivity contribution in [2.75, 3.05) is 24.3 Å². The molecule has 0 radical (unpaired) electrons. The molecule has 2 rings (SSSR count). The van der Waals surface area contributed by atoms with E-state index in [1.54, 1.807) is 0 Å². The van der Waals surface area contributed by atoms with E-state index in [1.165, 1.54) is 49.0 Å². The van der Waals surface area contributed by atoms with Crippen LogP contribution in [0.3, 0.4) is 0 Å². The van der Waals surface area contributed by atoms with Gasteiger partial charge < -0.3 is 10.2 Å². The highest BCUT2D eigenvalue weighted by Gasteiger charge is 2.23. The van der Waals surface area contributed by atoms with E-state index >= 15 is 0 Å². The molecule has 0 aromatic heterocycles. The van der Waals surface area contributed by atoms with Crippen molar-refractivity contribution in [3.05, 3.63) is 23.8 Å². The van der Waals surface area contributed by atoms with Crippen LogP contribution in [0.15, 0.2) is 18.2 Å². The molecule has 0 heterocycles. The van der Waals surface area contributed by atoms with Crippen LogP contribution in [0.5, 0.6) is 0 Å². The molecule has 0 spiro atoms. The standard InChI is InChI=1S/C17H28N2/c1-5-14-8-6-7-9-16(14)18-15-11-10-13(2)17(12-15)19(3)4/h10-12,14,16,18H,5-9H2,1-4H3. The summed E-state index contributed by atoms with van der Waals surface area (Å²) in [5.41, 5.74) is 3.93. The molecule has 2 nitrogen and oxygen atoms in total. The summed E-state index contributed by atoms with van der Waals surface area (Å²) in [5, 5.41) is 3.78. The van der Waals surface area contributed by atoms with Gasteiger partial charge in [-0.25, -0.2) is 0 Å². The predicted molar refractivity (Wildman–Crippen MR) is 85.2 cm³/mol. The fraction of sp³-hybridized carbons (Fsp3) is 0.647. The average Bonchev–Trinajstić information content (AvgIpc) is 2.41. The molecule has 1 aliphatic rings. The lowest BCUT2D eigenvalue weighted by Gasteiger charge is -2.32. The minimum atomic E-state index is 0.663. The van der Waals surface area contributed by atoms with Crippen molar-refractivity contribution in [2.24, 2.45) is 5.92 Å². The number of hydrogen-bond acceptors (Lipinski definition) is 2. The van der Waals surface area contributed by atoms with Gasteiger partial charge in [-0.2, -0.15) is 0 Å². The molecule has 0 saturated heterocycles. The predicted octanol–water partition coefficient (Wildman–Crippen LogP) is 4.44. The second-order valence-corrected chi connectivity index (χ2v) is 6.10. The fourth-order valence-electron chi connectivity index (χ4n) is 3.28. The van der Waals surface area contributed by atoms with Gasteiger partial charge in [0.05, 0.1) is 0 Å². The first kappa shape index (κ1) is 14.2. The summed E-state index contributed by atoms with van der Waals surface area (Å²) in [5.74, 6) is 0.845. The summed E-state index contributed by atoms with van der Waals surface area (Å²) < 4.78 is 0. The average molecular weight is 260 g/mol. The molecular formula is C17H28N2. The van der Waals surface area contributed by atoms with Gasteiger partial charge in [-0.3, -0.25) is 0 Å². The van der Waals surface area contributed by atoms with E-state index in [2.05, 4.69) is 56.4 Å². The van der Waals surface area contributed by atoms with Crippen LogP contribution in [0, 0.1) is 12.8 Å². The number of anilines is 2. The zero-order chi connectivity index (χ0) is 13.8. The van der Waals surface area contributed by atoms with Gasteiger partial charge in [0.2, 0.25) is 0 Å². The Hall–Kier alpha value is -1.18. The highest BCUT2D eigenvalue weighted by molar-refractivity contribution is 5.62. The molecule has 106 valence electrons. The molecule has 2 unspecified atom stereocenters. The molecule has 1 saturated carbocycles. The summed E-state index contributed by atoms with van der Waals surface area (Å²) in [6, 6.07) is 7.40. The first-order chi connectivity index (χ1) is 9.11. The fourth-order valence-corrected chi connectivity index (χ4v) is 3.28. The lowest BCUT2D eigenvalue weighted by atomic mass is 9.83. The van der Waals surface area contributed by atoms with E-state index in [-0.39, 0.29) is 0 Å². The Morgan fingerprint density at radius 3 is 2.63 bits per heavy atom. The lowest BCUT2D eigenvalue weighted by molar-refractivity contribution is 0.317. The maximum Gasteiger partial charge on any atom is 0.0411 e. The largest absolute Gasteiger partial charge is 0.382 e. The lowest BCUT2D eigenvalue weighted by Crippen LogP contribution is -2.31. The highest BCUT2D eigenvalue weighted by Crippen LogP contribution is 2.30. The second-order valence-electron chi connectivity index (χ2n) is 6.10. The molecule has 2 heteroatoms. The molecule has 2 atom stereocenters. The number of rotatable bonds is 4. The van der Waals surface area contributed by atoms with Crippen molar-refractivity contribution in [2.45, 2.75) is 52.0 Å². The topological polar surface area (TPSA) is 15.3 Å². The smallest absolute Gasteiger partial charge is 0.0411 e. The van der Waals surface area contributed by atoms with Gasteiger partial charge in [-0.1, -0.05) is 32.3 Å². The van der Waals surface area contributed by atoms with E-state index in [1.807, 2.05) is 0 Å². The van der Waals surface area contributed by atoms with Gasteiger partial charge >= 0.3 is 0 Å². The maximum absolute atomic E-state index is 3.78. The number of benzene rings is 1. The SMILES string of the molecule is CCC1CCCCC1Nc1ccc(C)c(N(C)C)c1. The maximum atomic E-state index is 3.78. The van der Waals surface area contributed by atoms with Crippen molar-refractivity contribution in [1.82, 2.24) is 0 Å². The molecule has 0 bridgehead atoms. The summed E-state index contributed by atoms with van der Waals surface area (Å²) >= 11 is 0. The Bertz CT molecular complexity index is 412. The van der Waals surface area contributed by atoms with E-state index in [4.69, 9.17) is 0 Å². The van der Waals surface area contributed by atoms with Crippen LogP contribution in [-0.4, -0.2) is 20.1 Å². The quantitative estimate of drug-likeness (QED) is 0.861. The third kappa shape index (κ3) is 3.43. The summed E-state index contributed by atoms with van der Waals surface area (Å²) in [7, 11) is 4.23. The zero-order valence-electron chi connectivity index (χ0n) is 12.9. The van der Waals surface area contributed by atoms with Crippen LogP contribution < -0.4 is 10.2 Å². The summed E-state index contributed by atoms with van der Waals surface area (Å²) in [4.78, 5) is 2.19. The van der Waals surface area contributed by atoms with Crippen molar-refractivity contribution in [3.63, 3.8) is 0 Å². The van der Waals surface area contributed by atoms with Gasteiger partial charge in [0.25, 0.3) is 0 Å². The Balaban J connectivity index is 2.11. The number of nitrogens with zero attached hydrogens (tertiary/aromatic N) is 1. The number of nitrogens with one attached hydrogen (secondary N) is 1. The summed E-state index contributed by atoms with van der Waals surface area (Å²) in [6.07, 6.45) is 6.79. The Morgan fingerprint density at radius 1 is 1.21 bits per heavy atom. The van der Waals surface area contributed by atoms with Crippen LogP contribution in [-0.2, 0) is 0 Å². The van der Waals surface area contributed by atoms with E-state index in [9.17, 15) is 0 Å². The minimum absolute atomic E-state index is 0.663. The zero-order valence-corrected chi connectivity index (χ0v) is 12.9. The van der Waals surface area contributed by atoms with E-state index < -0.39 is 0 Å². The molecule has 1 aliphatic carbocycles. The Morgan fingerprint density at radius 2 is 1.95 bits per heavy atom. The molecular weight excluding hydrogens is 232 g/mol.